The number of methoxy groups -OCH3 is 1. The van der Waals surface area contributed by atoms with Crippen LogP contribution in [0.15, 0.2) is 24.3 Å². The molecule has 0 aliphatic heterocycles. The summed E-state index contributed by atoms with van der Waals surface area (Å²) in [5.74, 6) is -0.483. The third-order valence-corrected chi connectivity index (χ3v) is 1.64. The molecule has 0 spiro atoms. The lowest BCUT2D eigenvalue weighted by molar-refractivity contribution is -0.131. The van der Waals surface area contributed by atoms with Gasteiger partial charge in [-0.2, -0.15) is 0 Å². The van der Waals surface area contributed by atoms with Gasteiger partial charge in [-0.1, -0.05) is 0 Å². The minimum Gasteiger partial charge on any atom is -0.507 e. The van der Waals surface area contributed by atoms with Gasteiger partial charge in [0.25, 0.3) is 0 Å². The van der Waals surface area contributed by atoms with Crippen LogP contribution in [-0.4, -0.2) is 23.3 Å². The predicted molar refractivity (Wildman–Crippen MR) is 51.3 cm³/mol. The highest BCUT2D eigenvalue weighted by atomic mass is 16.5. The van der Waals surface area contributed by atoms with Crippen LogP contribution in [0.3, 0.4) is 0 Å². The monoisotopic (exact) mass is 194 g/mol. The van der Waals surface area contributed by atoms with E-state index < -0.39 is 5.97 Å². The average Bonchev–Trinajstić information content (AvgIpc) is 2.16. The fourth-order valence-corrected chi connectivity index (χ4v) is 0.954. The third kappa shape index (κ3) is 2.52. The molecule has 0 aromatic heterocycles. The number of aromatic hydroxyl groups is 1. The van der Waals surface area contributed by atoms with Gasteiger partial charge in [-0.3, -0.25) is 0 Å². The van der Waals surface area contributed by atoms with Gasteiger partial charge >= 0.3 is 5.97 Å². The Hall–Kier alpha value is -1.97. The summed E-state index contributed by atoms with van der Waals surface area (Å²) < 4.78 is 4.92. The van der Waals surface area contributed by atoms with Crippen molar-refractivity contribution in [2.75, 3.05) is 7.11 Å². The summed E-state index contributed by atoms with van der Waals surface area (Å²) in [4.78, 5) is 10.2. The molecule has 0 amide bonds. The zero-order valence-electron chi connectivity index (χ0n) is 7.60. The third-order valence-electron chi connectivity index (χ3n) is 1.64. The number of hydrogen-bond acceptors (Lipinski definition) is 3. The van der Waals surface area contributed by atoms with Crippen LogP contribution in [0.25, 0.3) is 6.08 Å². The maximum atomic E-state index is 10.2. The van der Waals surface area contributed by atoms with Gasteiger partial charge in [0.15, 0.2) is 0 Å². The van der Waals surface area contributed by atoms with Gasteiger partial charge in [-0.15, -0.1) is 0 Å². The number of carboxylic acids is 1. The minimum atomic E-state index is -1.06. The molecular weight excluding hydrogens is 184 g/mol. The molecule has 14 heavy (non-hydrogen) atoms. The normalized spacial score (nSPS) is 10.4. The van der Waals surface area contributed by atoms with Crippen molar-refractivity contribution in [1.29, 1.82) is 0 Å². The van der Waals surface area contributed by atoms with Gasteiger partial charge in [0.2, 0.25) is 0 Å². The van der Waals surface area contributed by atoms with Crippen molar-refractivity contribution in [2.24, 2.45) is 0 Å². The van der Waals surface area contributed by atoms with Crippen LogP contribution in [0.4, 0.5) is 0 Å². The fraction of sp³-hybridized carbons (Fsp3) is 0.100. The topological polar surface area (TPSA) is 66.8 Å². The van der Waals surface area contributed by atoms with Crippen LogP contribution in [-0.2, 0) is 4.79 Å². The second-order valence-electron chi connectivity index (χ2n) is 2.60. The summed E-state index contributed by atoms with van der Waals surface area (Å²) in [5, 5.41) is 17.7. The molecule has 0 atom stereocenters. The molecule has 1 aromatic carbocycles. The first-order chi connectivity index (χ1) is 6.63. The van der Waals surface area contributed by atoms with Crippen molar-refractivity contribution in [1.82, 2.24) is 0 Å². The number of carbonyl (C=O) groups is 1. The Balaban J connectivity index is 3.00. The van der Waals surface area contributed by atoms with Crippen LogP contribution in [0.5, 0.6) is 11.5 Å². The highest BCUT2D eigenvalue weighted by molar-refractivity contribution is 5.86. The molecule has 0 aliphatic carbocycles. The van der Waals surface area contributed by atoms with Crippen LogP contribution in [0.1, 0.15) is 5.56 Å². The second kappa shape index (κ2) is 4.32. The van der Waals surface area contributed by atoms with Crippen molar-refractivity contribution >= 4 is 12.0 Å². The molecule has 0 radical (unpaired) electrons. The lowest BCUT2D eigenvalue weighted by atomic mass is 10.2. The number of ether oxygens (including phenoxy) is 1. The fourth-order valence-electron chi connectivity index (χ4n) is 0.954. The van der Waals surface area contributed by atoms with Crippen molar-refractivity contribution in [2.45, 2.75) is 0 Å². The molecule has 0 saturated carbocycles. The molecule has 2 N–H and O–H groups in total. The van der Waals surface area contributed by atoms with E-state index >= 15 is 0 Å². The number of phenolic OH excluding ortho intramolecular Hbond substituents is 1. The lowest BCUT2D eigenvalue weighted by Gasteiger charge is -2.02. The lowest BCUT2D eigenvalue weighted by Crippen LogP contribution is -1.87. The van der Waals surface area contributed by atoms with Gasteiger partial charge in [0, 0.05) is 11.6 Å². The number of phenols is 1. The molecule has 0 unspecified atom stereocenters. The highest BCUT2D eigenvalue weighted by Crippen LogP contribution is 2.23. The van der Waals surface area contributed by atoms with Crippen LogP contribution < -0.4 is 4.74 Å². The van der Waals surface area contributed by atoms with Gasteiger partial charge in [-0.25, -0.2) is 4.79 Å². The quantitative estimate of drug-likeness (QED) is 0.715. The molecule has 1 aromatic rings. The number of carboxylic acid groups (broad SMARTS) is 1. The van der Waals surface area contributed by atoms with E-state index in [1.165, 1.54) is 19.3 Å². The molecule has 0 fully saturated rings. The molecule has 74 valence electrons. The molecule has 0 heterocycles. The molecule has 0 bridgehead atoms. The van der Waals surface area contributed by atoms with E-state index in [-0.39, 0.29) is 5.75 Å². The zero-order valence-corrected chi connectivity index (χ0v) is 7.60. The number of hydrogen-bond donors (Lipinski definition) is 2. The summed E-state index contributed by atoms with van der Waals surface area (Å²) in [5.41, 5.74) is 0.409. The number of benzene rings is 1. The van der Waals surface area contributed by atoms with E-state index in [1.807, 2.05) is 0 Å². The van der Waals surface area contributed by atoms with Crippen molar-refractivity contribution < 1.29 is 19.7 Å². The number of rotatable bonds is 3. The van der Waals surface area contributed by atoms with E-state index in [2.05, 4.69) is 0 Å². The van der Waals surface area contributed by atoms with Gasteiger partial charge in [0.1, 0.15) is 11.5 Å². The predicted octanol–water partition coefficient (Wildman–Crippen LogP) is 1.50. The Kier molecular flexibility index (Phi) is 3.12. The van der Waals surface area contributed by atoms with Crippen LogP contribution in [0, 0.1) is 0 Å². The minimum absolute atomic E-state index is 0.0169. The first kappa shape index (κ1) is 10.1. The summed E-state index contributed by atoms with van der Waals surface area (Å²) in [7, 11) is 1.50. The number of aliphatic carboxylic acids is 1. The van der Waals surface area contributed by atoms with Crippen molar-refractivity contribution in [3.05, 3.63) is 29.8 Å². The highest BCUT2D eigenvalue weighted by Gasteiger charge is 2.00. The first-order valence-electron chi connectivity index (χ1n) is 3.91. The summed E-state index contributed by atoms with van der Waals surface area (Å²) in [6.07, 6.45) is 2.26. The van der Waals surface area contributed by atoms with Gasteiger partial charge in [0.05, 0.1) is 7.11 Å². The van der Waals surface area contributed by atoms with E-state index in [0.717, 1.165) is 6.08 Å². The maximum Gasteiger partial charge on any atom is 0.328 e. The zero-order chi connectivity index (χ0) is 10.6. The molecule has 1 rings (SSSR count). The van der Waals surface area contributed by atoms with E-state index in [0.29, 0.717) is 11.3 Å². The largest absolute Gasteiger partial charge is 0.507 e. The molecule has 4 nitrogen and oxygen atoms in total. The summed E-state index contributed by atoms with van der Waals surface area (Å²) >= 11 is 0. The van der Waals surface area contributed by atoms with Gasteiger partial charge < -0.3 is 14.9 Å². The Morgan fingerprint density at radius 3 is 2.79 bits per heavy atom. The Morgan fingerprint density at radius 1 is 1.50 bits per heavy atom. The Morgan fingerprint density at radius 2 is 2.21 bits per heavy atom. The summed E-state index contributed by atoms with van der Waals surface area (Å²) in [6, 6.07) is 4.59. The second-order valence-corrected chi connectivity index (χ2v) is 2.60. The van der Waals surface area contributed by atoms with Crippen molar-refractivity contribution in [3.63, 3.8) is 0 Å². The van der Waals surface area contributed by atoms with Crippen LogP contribution >= 0.6 is 0 Å². The first-order valence-corrected chi connectivity index (χ1v) is 3.91. The van der Waals surface area contributed by atoms with Gasteiger partial charge in [-0.05, 0) is 24.3 Å². The van der Waals surface area contributed by atoms with E-state index in [4.69, 9.17) is 9.84 Å². The van der Waals surface area contributed by atoms with Crippen LogP contribution in [0.2, 0.25) is 0 Å². The molecule has 4 heteroatoms. The van der Waals surface area contributed by atoms with Crippen molar-refractivity contribution in [3.8, 4) is 11.5 Å². The Labute approximate surface area is 81.1 Å². The average molecular weight is 194 g/mol. The smallest absolute Gasteiger partial charge is 0.328 e. The standard InChI is InChI=1S/C10H10O4/c1-14-8-3-4-9(11)7(6-8)2-5-10(12)13/h2-6,11H,1H3,(H,12,13)/b5-2+. The Bertz CT molecular complexity index is 368. The molecule has 0 saturated heterocycles. The summed E-state index contributed by atoms with van der Waals surface area (Å²) in [6.45, 7) is 0. The SMILES string of the molecule is COc1ccc(O)c(/C=C/C(=O)O)c1. The van der Waals surface area contributed by atoms with E-state index in [1.54, 1.807) is 12.1 Å². The molecular formula is C10H10O4. The van der Waals surface area contributed by atoms with E-state index in [9.17, 15) is 9.90 Å². The molecule has 0 aliphatic rings. The maximum absolute atomic E-state index is 10.2.